The van der Waals surface area contributed by atoms with E-state index in [0.717, 1.165) is 20.3 Å². The Balaban J connectivity index is 2.76. The number of methoxy groups -OCH3 is 1. The van der Waals surface area contributed by atoms with E-state index in [9.17, 15) is 4.79 Å². The van der Waals surface area contributed by atoms with E-state index in [2.05, 4.69) is 41.9 Å². The number of esters is 1. The maximum Gasteiger partial charge on any atom is 0.319 e. The Morgan fingerprint density at radius 2 is 2.11 bits per heavy atom. The molecule has 0 aliphatic rings. The molecule has 0 unspecified atom stereocenters. The maximum atomic E-state index is 11.0. The van der Waals surface area contributed by atoms with Gasteiger partial charge in [0.2, 0.25) is 0 Å². The Morgan fingerprint density at radius 3 is 2.72 bits per heavy atom. The second-order valence-electron chi connectivity index (χ2n) is 3.49. The zero-order valence-corrected chi connectivity index (χ0v) is 13.4. The Hall–Kier alpha value is -0.590. The number of halogens is 2. The van der Waals surface area contributed by atoms with Crippen LogP contribution >= 0.6 is 31.9 Å². The van der Waals surface area contributed by atoms with Crippen LogP contribution in [0.1, 0.15) is 12.5 Å². The molecular formula is C12H15Br2NO3. The summed E-state index contributed by atoms with van der Waals surface area (Å²) in [5.74, 6) is 0.500. The number of hydrogen-bond acceptors (Lipinski definition) is 4. The molecular weight excluding hydrogens is 366 g/mol. The molecule has 1 aromatic carbocycles. The smallest absolute Gasteiger partial charge is 0.319 e. The van der Waals surface area contributed by atoms with E-state index in [4.69, 9.17) is 4.74 Å². The fourth-order valence-electron chi connectivity index (χ4n) is 1.42. The molecule has 0 aliphatic heterocycles. The normalized spacial score (nSPS) is 10.2. The second-order valence-corrected chi connectivity index (χ2v) is 5.26. The minimum atomic E-state index is -0.290. The molecule has 0 heterocycles. The number of rotatable bonds is 6. The molecule has 0 atom stereocenters. The molecule has 1 aromatic rings. The van der Waals surface area contributed by atoms with Crippen molar-refractivity contribution in [3.8, 4) is 5.75 Å². The molecule has 100 valence electrons. The van der Waals surface area contributed by atoms with Gasteiger partial charge in [-0.25, -0.2) is 0 Å². The topological polar surface area (TPSA) is 47.6 Å². The first kappa shape index (κ1) is 15.5. The molecule has 0 amide bonds. The lowest BCUT2D eigenvalue weighted by atomic mass is 10.2. The second kappa shape index (κ2) is 7.76. The molecule has 0 radical (unpaired) electrons. The monoisotopic (exact) mass is 379 g/mol. The maximum absolute atomic E-state index is 11.0. The highest BCUT2D eigenvalue weighted by atomic mass is 79.9. The van der Waals surface area contributed by atoms with Gasteiger partial charge < -0.3 is 14.8 Å². The van der Waals surface area contributed by atoms with Gasteiger partial charge in [0.1, 0.15) is 5.75 Å². The Bertz CT molecular complexity index is 424. The lowest BCUT2D eigenvalue weighted by molar-refractivity contribution is -0.139. The van der Waals surface area contributed by atoms with Gasteiger partial charge in [-0.1, -0.05) is 15.9 Å². The summed E-state index contributed by atoms with van der Waals surface area (Å²) < 4.78 is 12.0. The lowest BCUT2D eigenvalue weighted by Gasteiger charge is -2.13. The molecule has 0 aliphatic carbocycles. The van der Waals surface area contributed by atoms with Crippen molar-refractivity contribution in [3.63, 3.8) is 0 Å². The van der Waals surface area contributed by atoms with Crippen molar-refractivity contribution in [2.45, 2.75) is 13.5 Å². The number of ether oxygens (including phenoxy) is 2. The van der Waals surface area contributed by atoms with Crippen molar-refractivity contribution in [1.29, 1.82) is 0 Å². The standard InChI is InChI=1S/C12H15Br2NO3/c1-3-18-12-8(4-9(13)5-10(12)14)6-15-7-11(16)17-2/h4-5,15H,3,6-7H2,1-2H3. The highest BCUT2D eigenvalue weighted by Gasteiger charge is 2.10. The zero-order chi connectivity index (χ0) is 13.5. The summed E-state index contributed by atoms with van der Waals surface area (Å²) in [4.78, 5) is 11.0. The van der Waals surface area contributed by atoms with Crippen molar-refractivity contribution in [3.05, 3.63) is 26.6 Å². The Labute approximate surface area is 123 Å². The van der Waals surface area contributed by atoms with Crippen LogP contribution in [0.5, 0.6) is 5.75 Å². The minimum Gasteiger partial charge on any atom is -0.492 e. The number of hydrogen-bond donors (Lipinski definition) is 1. The first-order valence-electron chi connectivity index (χ1n) is 5.46. The van der Waals surface area contributed by atoms with E-state index < -0.39 is 0 Å². The third kappa shape index (κ3) is 4.59. The number of benzene rings is 1. The van der Waals surface area contributed by atoms with E-state index in [1.807, 2.05) is 19.1 Å². The van der Waals surface area contributed by atoms with Gasteiger partial charge in [0, 0.05) is 16.6 Å². The minimum absolute atomic E-state index is 0.173. The first-order chi connectivity index (χ1) is 8.58. The van der Waals surface area contributed by atoms with Crippen LogP contribution in [-0.2, 0) is 16.1 Å². The highest BCUT2D eigenvalue weighted by molar-refractivity contribution is 9.11. The predicted molar refractivity (Wildman–Crippen MR) is 76.7 cm³/mol. The zero-order valence-electron chi connectivity index (χ0n) is 10.3. The molecule has 0 fully saturated rings. The largest absolute Gasteiger partial charge is 0.492 e. The average molecular weight is 381 g/mol. The lowest BCUT2D eigenvalue weighted by Crippen LogP contribution is -2.23. The third-order valence-electron chi connectivity index (χ3n) is 2.19. The fraction of sp³-hybridized carbons (Fsp3) is 0.417. The molecule has 0 spiro atoms. The van der Waals surface area contributed by atoms with Gasteiger partial charge >= 0.3 is 5.97 Å². The summed E-state index contributed by atoms with van der Waals surface area (Å²) in [7, 11) is 1.37. The molecule has 0 saturated heterocycles. The van der Waals surface area contributed by atoms with Crippen molar-refractivity contribution in [2.24, 2.45) is 0 Å². The van der Waals surface area contributed by atoms with Gasteiger partial charge in [0.25, 0.3) is 0 Å². The van der Waals surface area contributed by atoms with Gasteiger partial charge in [-0.3, -0.25) is 4.79 Å². The van der Waals surface area contributed by atoms with Gasteiger partial charge in [0.05, 0.1) is 24.7 Å². The van der Waals surface area contributed by atoms with Crippen LogP contribution in [0.2, 0.25) is 0 Å². The quantitative estimate of drug-likeness (QED) is 0.771. The Morgan fingerprint density at radius 1 is 1.39 bits per heavy atom. The number of carbonyl (C=O) groups is 1. The van der Waals surface area contributed by atoms with E-state index in [0.29, 0.717) is 13.2 Å². The van der Waals surface area contributed by atoms with Gasteiger partial charge in [0.15, 0.2) is 0 Å². The Kier molecular flexibility index (Phi) is 6.67. The summed E-state index contributed by atoms with van der Waals surface area (Å²) in [6.07, 6.45) is 0. The average Bonchev–Trinajstić information content (AvgIpc) is 2.33. The van der Waals surface area contributed by atoms with Crippen molar-refractivity contribution in [1.82, 2.24) is 5.32 Å². The van der Waals surface area contributed by atoms with Crippen molar-refractivity contribution in [2.75, 3.05) is 20.3 Å². The van der Waals surface area contributed by atoms with Crippen LogP contribution in [0.15, 0.2) is 21.1 Å². The summed E-state index contributed by atoms with van der Waals surface area (Å²) in [6, 6.07) is 3.88. The van der Waals surface area contributed by atoms with Crippen LogP contribution in [0.3, 0.4) is 0 Å². The summed E-state index contributed by atoms with van der Waals surface area (Å²) in [6.45, 7) is 3.22. The molecule has 4 nitrogen and oxygen atoms in total. The van der Waals surface area contributed by atoms with Gasteiger partial charge in [-0.2, -0.15) is 0 Å². The van der Waals surface area contributed by atoms with E-state index in [1.54, 1.807) is 0 Å². The highest BCUT2D eigenvalue weighted by Crippen LogP contribution is 2.32. The molecule has 0 bridgehead atoms. The molecule has 1 rings (SSSR count). The molecule has 1 N–H and O–H groups in total. The summed E-state index contributed by atoms with van der Waals surface area (Å²) in [5.41, 5.74) is 0.974. The fourth-order valence-corrected chi connectivity index (χ4v) is 2.85. The predicted octanol–water partition coefficient (Wildman–Crippen LogP) is 2.87. The van der Waals surface area contributed by atoms with Crippen LogP contribution < -0.4 is 10.1 Å². The van der Waals surface area contributed by atoms with Crippen molar-refractivity contribution >= 4 is 37.8 Å². The molecule has 18 heavy (non-hydrogen) atoms. The van der Waals surface area contributed by atoms with Crippen LogP contribution in [0.25, 0.3) is 0 Å². The molecule has 0 aromatic heterocycles. The SMILES string of the molecule is CCOc1c(Br)cc(Br)cc1CNCC(=O)OC. The first-order valence-corrected chi connectivity index (χ1v) is 7.05. The van der Waals surface area contributed by atoms with E-state index in [1.165, 1.54) is 7.11 Å². The van der Waals surface area contributed by atoms with Crippen LogP contribution in [-0.4, -0.2) is 26.2 Å². The third-order valence-corrected chi connectivity index (χ3v) is 3.23. The van der Waals surface area contributed by atoms with Crippen LogP contribution in [0.4, 0.5) is 0 Å². The van der Waals surface area contributed by atoms with Gasteiger partial charge in [-0.15, -0.1) is 0 Å². The number of nitrogens with one attached hydrogen (secondary N) is 1. The van der Waals surface area contributed by atoms with Crippen LogP contribution in [0, 0.1) is 0 Å². The number of carbonyl (C=O) groups excluding carboxylic acids is 1. The van der Waals surface area contributed by atoms with E-state index in [-0.39, 0.29) is 12.5 Å². The van der Waals surface area contributed by atoms with Crippen molar-refractivity contribution < 1.29 is 14.3 Å². The molecule has 0 saturated carbocycles. The van der Waals surface area contributed by atoms with E-state index >= 15 is 0 Å². The molecule has 6 heteroatoms. The summed E-state index contributed by atoms with van der Waals surface area (Å²) in [5, 5.41) is 3.01. The van der Waals surface area contributed by atoms with Gasteiger partial charge in [-0.05, 0) is 35.0 Å². The summed E-state index contributed by atoms with van der Waals surface area (Å²) >= 11 is 6.89.